The third kappa shape index (κ3) is 3.54. The fraction of sp³-hybridized carbons (Fsp3) is 0.389. The Kier molecular flexibility index (Phi) is 4.76. The molecule has 1 fully saturated rings. The number of ether oxygens (including phenoxy) is 1. The van der Waals surface area contributed by atoms with Gasteiger partial charge < -0.3 is 15.0 Å². The number of hydrogen-bond acceptors (Lipinski definition) is 4. The number of hydrogen-bond donors (Lipinski definition) is 1. The summed E-state index contributed by atoms with van der Waals surface area (Å²) in [4.78, 5) is 28.6. The zero-order valence-corrected chi connectivity index (χ0v) is 13.7. The fourth-order valence-electron chi connectivity index (χ4n) is 2.95. The van der Waals surface area contributed by atoms with Crippen LogP contribution < -0.4 is 11.2 Å². The topological polar surface area (TPSA) is 87.2 Å². The number of carbonyl (C=O) groups excluding carboxylic acids is 1. The summed E-state index contributed by atoms with van der Waals surface area (Å²) in [5.41, 5.74) is 6.98. The van der Waals surface area contributed by atoms with Crippen molar-refractivity contribution in [3.63, 3.8) is 0 Å². The maximum absolute atomic E-state index is 12.6. The van der Waals surface area contributed by atoms with Crippen LogP contribution in [-0.2, 0) is 11.3 Å². The van der Waals surface area contributed by atoms with Gasteiger partial charge in [0, 0.05) is 38.3 Å². The Morgan fingerprint density at radius 2 is 2.08 bits per heavy atom. The Hall–Kier alpha value is -2.47. The largest absolute Gasteiger partial charge is 0.381 e. The predicted octanol–water partition coefficient (Wildman–Crippen LogP) is 1.74. The van der Waals surface area contributed by atoms with Gasteiger partial charge in [-0.25, -0.2) is 0 Å². The van der Waals surface area contributed by atoms with Crippen LogP contribution in [0.5, 0.6) is 0 Å². The third-order valence-electron chi connectivity index (χ3n) is 4.34. The molecule has 0 radical (unpaired) electrons. The SMILES string of the molecule is Cc1ccc(-c2cn(CC3CCOCC3)cc(C(N)=O)c2=O)nc1. The van der Waals surface area contributed by atoms with Gasteiger partial charge in [0.1, 0.15) is 5.56 Å². The van der Waals surface area contributed by atoms with Crippen molar-refractivity contribution < 1.29 is 9.53 Å². The summed E-state index contributed by atoms with van der Waals surface area (Å²) in [5, 5.41) is 0. The molecule has 2 N–H and O–H groups in total. The second-order valence-corrected chi connectivity index (χ2v) is 6.25. The van der Waals surface area contributed by atoms with E-state index in [9.17, 15) is 9.59 Å². The predicted molar refractivity (Wildman–Crippen MR) is 90.7 cm³/mol. The molecule has 6 nitrogen and oxygen atoms in total. The number of rotatable bonds is 4. The summed E-state index contributed by atoms with van der Waals surface area (Å²) in [5.74, 6) is -0.254. The van der Waals surface area contributed by atoms with E-state index in [1.165, 1.54) is 0 Å². The number of pyridine rings is 2. The van der Waals surface area contributed by atoms with Gasteiger partial charge in [-0.3, -0.25) is 14.6 Å². The number of primary amides is 1. The molecular formula is C18H21N3O3. The lowest BCUT2D eigenvalue weighted by Gasteiger charge is -2.23. The van der Waals surface area contributed by atoms with Gasteiger partial charge in [0.15, 0.2) is 0 Å². The fourth-order valence-corrected chi connectivity index (χ4v) is 2.95. The van der Waals surface area contributed by atoms with Crippen LogP contribution in [0.4, 0.5) is 0 Å². The minimum atomic E-state index is -0.713. The van der Waals surface area contributed by atoms with E-state index in [4.69, 9.17) is 10.5 Å². The van der Waals surface area contributed by atoms with Crippen LogP contribution in [0.2, 0.25) is 0 Å². The molecule has 2 aromatic rings. The van der Waals surface area contributed by atoms with E-state index >= 15 is 0 Å². The number of nitrogens with zero attached hydrogens (tertiary/aromatic N) is 2. The zero-order valence-electron chi connectivity index (χ0n) is 13.7. The zero-order chi connectivity index (χ0) is 17.1. The minimum Gasteiger partial charge on any atom is -0.381 e. The van der Waals surface area contributed by atoms with E-state index in [0.29, 0.717) is 17.2 Å². The molecule has 24 heavy (non-hydrogen) atoms. The lowest BCUT2D eigenvalue weighted by molar-refractivity contribution is 0.0612. The molecule has 0 bridgehead atoms. The van der Waals surface area contributed by atoms with Crippen molar-refractivity contribution in [1.82, 2.24) is 9.55 Å². The second kappa shape index (κ2) is 6.97. The highest BCUT2D eigenvalue weighted by atomic mass is 16.5. The summed E-state index contributed by atoms with van der Waals surface area (Å²) in [6.45, 7) is 4.16. The molecule has 6 heteroatoms. The highest BCUT2D eigenvalue weighted by Gasteiger charge is 2.18. The van der Waals surface area contributed by atoms with Gasteiger partial charge >= 0.3 is 0 Å². The van der Waals surface area contributed by atoms with Crippen LogP contribution in [0.3, 0.4) is 0 Å². The molecule has 0 unspecified atom stereocenters. The normalized spacial score (nSPS) is 15.4. The van der Waals surface area contributed by atoms with Crippen molar-refractivity contribution in [2.24, 2.45) is 11.7 Å². The summed E-state index contributed by atoms with van der Waals surface area (Å²) >= 11 is 0. The quantitative estimate of drug-likeness (QED) is 0.926. The molecule has 0 aromatic carbocycles. The Balaban J connectivity index is 2.01. The van der Waals surface area contributed by atoms with Crippen molar-refractivity contribution >= 4 is 5.91 Å². The molecule has 0 saturated carbocycles. The van der Waals surface area contributed by atoms with E-state index in [2.05, 4.69) is 4.98 Å². The number of amides is 1. The van der Waals surface area contributed by atoms with Crippen LogP contribution in [0.15, 0.2) is 35.5 Å². The van der Waals surface area contributed by atoms with Crippen LogP contribution in [-0.4, -0.2) is 28.7 Å². The summed E-state index contributed by atoms with van der Waals surface area (Å²) in [6, 6.07) is 3.68. The number of carbonyl (C=O) groups is 1. The lowest BCUT2D eigenvalue weighted by atomic mass is 10.00. The Morgan fingerprint density at radius 1 is 1.33 bits per heavy atom. The molecule has 0 spiro atoms. The minimum absolute atomic E-state index is 0.00179. The summed E-state index contributed by atoms with van der Waals surface area (Å²) < 4.78 is 7.26. The molecule has 2 aromatic heterocycles. The van der Waals surface area contributed by atoms with Crippen LogP contribution in [0.25, 0.3) is 11.3 Å². The first-order valence-corrected chi connectivity index (χ1v) is 8.09. The Labute approximate surface area is 140 Å². The van der Waals surface area contributed by atoms with E-state index in [1.54, 1.807) is 24.7 Å². The smallest absolute Gasteiger partial charge is 0.254 e. The number of aromatic nitrogens is 2. The molecule has 1 aliphatic heterocycles. The third-order valence-corrected chi connectivity index (χ3v) is 4.34. The van der Waals surface area contributed by atoms with Crippen molar-refractivity contribution in [3.8, 4) is 11.3 Å². The first-order valence-electron chi connectivity index (χ1n) is 8.09. The highest BCUT2D eigenvalue weighted by molar-refractivity contribution is 5.93. The first-order chi connectivity index (χ1) is 11.5. The maximum Gasteiger partial charge on any atom is 0.254 e. The van der Waals surface area contributed by atoms with Crippen molar-refractivity contribution in [1.29, 1.82) is 0 Å². The molecule has 3 heterocycles. The number of nitrogens with two attached hydrogens (primary N) is 1. The molecule has 126 valence electrons. The molecule has 3 rings (SSSR count). The van der Waals surface area contributed by atoms with E-state index < -0.39 is 5.91 Å². The van der Waals surface area contributed by atoms with E-state index in [0.717, 1.165) is 38.2 Å². The summed E-state index contributed by atoms with van der Waals surface area (Å²) in [7, 11) is 0. The maximum atomic E-state index is 12.6. The summed E-state index contributed by atoms with van der Waals surface area (Å²) in [6.07, 6.45) is 6.96. The molecule has 1 amide bonds. The molecular weight excluding hydrogens is 306 g/mol. The van der Waals surface area contributed by atoms with Gasteiger partial charge in [-0.2, -0.15) is 0 Å². The lowest BCUT2D eigenvalue weighted by Crippen LogP contribution is -2.27. The van der Waals surface area contributed by atoms with Gasteiger partial charge in [-0.15, -0.1) is 0 Å². The average molecular weight is 327 g/mol. The van der Waals surface area contributed by atoms with Gasteiger partial charge in [-0.1, -0.05) is 6.07 Å². The van der Waals surface area contributed by atoms with Crippen LogP contribution in [0.1, 0.15) is 28.8 Å². The van der Waals surface area contributed by atoms with Crippen molar-refractivity contribution in [2.45, 2.75) is 26.3 Å². The average Bonchev–Trinajstić information content (AvgIpc) is 2.58. The Bertz CT molecular complexity index is 790. The number of aryl methyl sites for hydroxylation is 1. The monoisotopic (exact) mass is 327 g/mol. The standard InChI is InChI=1S/C18H21N3O3/c1-12-2-3-16(20-8-12)14-10-21(9-13-4-6-24-7-5-13)11-15(17(14)22)18(19)23/h2-3,8,10-11,13H,4-7,9H2,1H3,(H2,19,23). The van der Waals surface area contributed by atoms with Crippen LogP contribution in [0, 0.1) is 12.8 Å². The van der Waals surface area contributed by atoms with Gasteiger partial charge in [0.25, 0.3) is 5.91 Å². The molecule has 1 saturated heterocycles. The van der Waals surface area contributed by atoms with Gasteiger partial charge in [0.2, 0.25) is 5.43 Å². The van der Waals surface area contributed by atoms with Crippen LogP contribution >= 0.6 is 0 Å². The van der Waals surface area contributed by atoms with Crippen molar-refractivity contribution in [2.75, 3.05) is 13.2 Å². The van der Waals surface area contributed by atoms with E-state index in [1.807, 2.05) is 17.6 Å². The van der Waals surface area contributed by atoms with E-state index in [-0.39, 0.29) is 11.0 Å². The van der Waals surface area contributed by atoms with Gasteiger partial charge in [0.05, 0.1) is 11.3 Å². The Morgan fingerprint density at radius 3 is 2.71 bits per heavy atom. The molecule has 0 atom stereocenters. The van der Waals surface area contributed by atoms with Gasteiger partial charge in [-0.05, 0) is 37.3 Å². The molecule has 1 aliphatic rings. The second-order valence-electron chi connectivity index (χ2n) is 6.25. The highest BCUT2D eigenvalue weighted by Crippen LogP contribution is 2.19. The first kappa shape index (κ1) is 16.4. The van der Waals surface area contributed by atoms with Crippen molar-refractivity contribution in [3.05, 3.63) is 52.1 Å². The molecule has 0 aliphatic carbocycles.